The van der Waals surface area contributed by atoms with E-state index in [1.54, 1.807) is 0 Å². The van der Waals surface area contributed by atoms with Crippen LogP contribution in [0, 0.1) is 0 Å². The lowest BCUT2D eigenvalue weighted by atomic mass is 9.87. The van der Waals surface area contributed by atoms with Crippen LogP contribution in [0.4, 0.5) is 0 Å². The topological polar surface area (TPSA) is 39.9 Å². The predicted octanol–water partition coefficient (Wildman–Crippen LogP) is 5.51. The Morgan fingerprint density at radius 2 is 1.88 bits per heavy atom. The van der Waals surface area contributed by atoms with Crippen LogP contribution >= 0.6 is 0 Å². The molecular formula is C22H29N3O. The fraction of sp³-hybridized carbons (Fsp3) is 0.364. The highest BCUT2D eigenvalue weighted by atomic mass is 16.5. The fourth-order valence-electron chi connectivity index (χ4n) is 3.18. The van der Waals surface area contributed by atoms with Crippen LogP contribution in [0.25, 0.3) is 16.8 Å². The predicted molar refractivity (Wildman–Crippen MR) is 109 cm³/mol. The number of hydrogen-bond donors (Lipinski definition) is 0. The van der Waals surface area contributed by atoms with E-state index in [4.69, 9.17) is 4.74 Å². The maximum absolute atomic E-state index is 6.03. The molecule has 1 heterocycles. The van der Waals surface area contributed by atoms with Gasteiger partial charge >= 0.3 is 0 Å². The maximum Gasteiger partial charge on any atom is 0.121 e. The monoisotopic (exact) mass is 351 g/mol. The van der Waals surface area contributed by atoms with Crippen LogP contribution in [0.5, 0.6) is 0 Å². The van der Waals surface area contributed by atoms with Crippen LogP contribution in [0.2, 0.25) is 0 Å². The Bertz CT molecular complexity index is 801. The SMILES string of the molecule is C=C/C1=C(\C=C)c2nnn(C)c2-c2ccccc2C(OCC)C1.CCC. The standard InChI is InChI=1S/C19H21N3O.C3H8/c1-5-13-12-17(23-7-3)15-10-8-9-11-16(15)19-18(14(13)6-2)20-21-22(19)4;1-3-2/h5-6,8-11,17H,1-2,7,12H2,3-4H3;3H2,1-2H3/b14-13-;. The molecule has 3 rings (SSSR count). The van der Waals surface area contributed by atoms with Gasteiger partial charge in [-0.1, -0.05) is 75.1 Å². The molecule has 0 aliphatic heterocycles. The molecule has 138 valence electrons. The molecule has 0 saturated carbocycles. The van der Waals surface area contributed by atoms with Gasteiger partial charge in [-0.3, -0.25) is 0 Å². The lowest BCUT2D eigenvalue weighted by molar-refractivity contribution is 0.0638. The van der Waals surface area contributed by atoms with E-state index in [9.17, 15) is 0 Å². The molecule has 0 N–H and O–H groups in total. The number of nitrogens with zero attached hydrogens (tertiary/aromatic N) is 3. The summed E-state index contributed by atoms with van der Waals surface area (Å²) in [5.41, 5.74) is 6.15. The van der Waals surface area contributed by atoms with Gasteiger partial charge in [0.2, 0.25) is 0 Å². The Morgan fingerprint density at radius 3 is 2.50 bits per heavy atom. The Labute approximate surface area is 156 Å². The van der Waals surface area contributed by atoms with E-state index in [2.05, 4.69) is 49.5 Å². The molecule has 4 nitrogen and oxygen atoms in total. The summed E-state index contributed by atoms with van der Waals surface area (Å²) in [4.78, 5) is 0. The average molecular weight is 351 g/mol. The molecule has 0 saturated heterocycles. The number of benzene rings is 1. The van der Waals surface area contributed by atoms with Gasteiger partial charge in [0.1, 0.15) is 5.69 Å². The molecule has 1 atom stereocenters. The molecule has 1 aliphatic carbocycles. The normalized spacial score (nSPS) is 18.5. The first-order valence-corrected chi connectivity index (χ1v) is 9.21. The molecule has 0 spiro atoms. The summed E-state index contributed by atoms with van der Waals surface area (Å²) in [6, 6.07) is 8.29. The summed E-state index contributed by atoms with van der Waals surface area (Å²) < 4.78 is 7.85. The van der Waals surface area contributed by atoms with Gasteiger partial charge in [0, 0.05) is 31.2 Å². The molecule has 26 heavy (non-hydrogen) atoms. The Hall–Kier alpha value is -2.46. The van der Waals surface area contributed by atoms with Crippen LogP contribution in [-0.2, 0) is 11.8 Å². The van der Waals surface area contributed by atoms with Crippen LogP contribution < -0.4 is 0 Å². The summed E-state index contributed by atoms with van der Waals surface area (Å²) in [6.45, 7) is 14.9. The van der Waals surface area contributed by atoms with Gasteiger partial charge < -0.3 is 4.74 Å². The van der Waals surface area contributed by atoms with Crippen LogP contribution in [-0.4, -0.2) is 21.6 Å². The van der Waals surface area contributed by atoms with E-state index in [1.165, 1.54) is 6.42 Å². The van der Waals surface area contributed by atoms with E-state index in [0.29, 0.717) is 6.61 Å². The zero-order valence-electron chi connectivity index (χ0n) is 16.3. The molecule has 1 aromatic heterocycles. The fourth-order valence-corrected chi connectivity index (χ4v) is 3.18. The van der Waals surface area contributed by atoms with Crippen molar-refractivity contribution in [1.82, 2.24) is 15.0 Å². The number of ether oxygens (including phenoxy) is 1. The van der Waals surface area contributed by atoms with Crippen molar-refractivity contribution in [2.75, 3.05) is 6.61 Å². The third kappa shape index (κ3) is 3.86. The number of aromatic nitrogens is 3. The minimum Gasteiger partial charge on any atom is -0.373 e. The van der Waals surface area contributed by atoms with Gasteiger partial charge in [-0.05, 0) is 18.1 Å². The minimum atomic E-state index is -0.0257. The Morgan fingerprint density at radius 1 is 1.19 bits per heavy atom. The molecule has 0 radical (unpaired) electrons. The van der Waals surface area contributed by atoms with E-state index >= 15 is 0 Å². The summed E-state index contributed by atoms with van der Waals surface area (Å²) >= 11 is 0. The van der Waals surface area contributed by atoms with Gasteiger partial charge in [0.25, 0.3) is 0 Å². The van der Waals surface area contributed by atoms with Crippen LogP contribution in [0.15, 0.2) is 55.1 Å². The molecule has 2 aromatic rings. The van der Waals surface area contributed by atoms with Gasteiger partial charge in [-0.2, -0.15) is 0 Å². The van der Waals surface area contributed by atoms with Gasteiger partial charge in [0.15, 0.2) is 0 Å². The third-order valence-corrected chi connectivity index (χ3v) is 4.21. The first-order chi connectivity index (χ1) is 12.6. The lowest BCUT2D eigenvalue weighted by Gasteiger charge is -2.24. The number of aryl methyl sites for hydroxylation is 1. The largest absolute Gasteiger partial charge is 0.373 e. The zero-order chi connectivity index (χ0) is 19.1. The summed E-state index contributed by atoms with van der Waals surface area (Å²) in [5, 5.41) is 8.60. The Balaban J connectivity index is 0.000000758. The third-order valence-electron chi connectivity index (χ3n) is 4.21. The van der Waals surface area contributed by atoms with E-state index < -0.39 is 0 Å². The molecule has 4 heteroatoms. The second-order valence-corrected chi connectivity index (χ2v) is 6.20. The molecule has 1 unspecified atom stereocenters. The lowest BCUT2D eigenvalue weighted by Crippen LogP contribution is -2.11. The summed E-state index contributed by atoms with van der Waals surface area (Å²) in [5.74, 6) is 0. The quantitative estimate of drug-likeness (QED) is 0.729. The highest BCUT2D eigenvalue weighted by Gasteiger charge is 2.27. The van der Waals surface area contributed by atoms with Crippen molar-refractivity contribution in [2.45, 2.75) is 39.7 Å². The van der Waals surface area contributed by atoms with Crippen molar-refractivity contribution in [2.24, 2.45) is 7.05 Å². The van der Waals surface area contributed by atoms with Crippen molar-refractivity contribution < 1.29 is 4.74 Å². The second-order valence-electron chi connectivity index (χ2n) is 6.20. The highest BCUT2D eigenvalue weighted by molar-refractivity contribution is 5.86. The van der Waals surface area contributed by atoms with Gasteiger partial charge in [-0.25, -0.2) is 4.68 Å². The van der Waals surface area contributed by atoms with Crippen LogP contribution in [0.3, 0.4) is 0 Å². The first-order valence-electron chi connectivity index (χ1n) is 9.21. The Kier molecular flexibility index (Phi) is 7.10. The highest BCUT2D eigenvalue weighted by Crippen LogP contribution is 2.41. The number of allylic oxidation sites excluding steroid dienone is 3. The molecule has 1 aromatic carbocycles. The number of hydrogen-bond acceptors (Lipinski definition) is 3. The maximum atomic E-state index is 6.03. The van der Waals surface area contributed by atoms with E-state index in [-0.39, 0.29) is 6.10 Å². The first kappa shape index (κ1) is 19.9. The van der Waals surface area contributed by atoms with Gasteiger partial charge in [-0.15, -0.1) is 5.10 Å². The molecular weight excluding hydrogens is 322 g/mol. The summed E-state index contributed by atoms with van der Waals surface area (Å²) in [6.07, 6.45) is 5.67. The van der Waals surface area contributed by atoms with E-state index in [0.717, 1.165) is 40.1 Å². The number of rotatable bonds is 4. The minimum absolute atomic E-state index is 0.0257. The van der Waals surface area contributed by atoms with Crippen molar-refractivity contribution in [3.05, 3.63) is 66.4 Å². The molecule has 1 aliphatic rings. The van der Waals surface area contributed by atoms with Crippen molar-refractivity contribution in [1.29, 1.82) is 0 Å². The van der Waals surface area contributed by atoms with Gasteiger partial charge in [0.05, 0.1) is 11.8 Å². The second kappa shape index (κ2) is 9.30. The van der Waals surface area contributed by atoms with Crippen molar-refractivity contribution in [3.8, 4) is 11.3 Å². The van der Waals surface area contributed by atoms with Crippen LogP contribution in [0.1, 0.15) is 51.0 Å². The molecule has 0 fully saturated rings. The smallest absolute Gasteiger partial charge is 0.121 e. The zero-order valence-corrected chi connectivity index (χ0v) is 16.3. The van der Waals surface area contributed by atoms with Crippen molar-refractivity contribution >= 4 is 5.57 Å². The summed E-state index contributed by atoms with van der Waals surface area (Å²) in [7, 11) is 1.91. The average Bonchev–Trinajstić information content (AvgIpc) is 3.01. The number of fused-ring (bicyclic) bond motifs is 3. The molecule has 0 bridgehead atoms. The van der Waals surface area contributed by atoms with E-state index in [1.807, 2.05) is 42.9 Å². The van der Waals surface area contributed by atoms with Crippen molar-refractivity contribution in [3.63, 3.8) is 0 Å². The molecule has 0 amide bonds.